The van der Waals surface area contributed by atoms with E-state index in [1.807, 2.05) is 36.9 Å². The molecule has 2 unspecified atom stereocenters. The monoisotopic (exact) mass is 416 g/mol. The number of likely N-dealkylation sites (tertiary alicyclic amines) is 1. The SMILES string of the molecule is CC1CN(C(=O)c2cn[nH]c2C2CCN(Cc3cccc(Cl)c3)CC2)CC(C)O1. The number of H-pyrrole nitrogens is 1. The van der Waals surface area contributed by atoms with Gasteiger partial charge in [0.15, 0.2) is 0 Å². The number of amides is 1. The van der Waals surface area contributed by atoms with E-state index < -0.39 is 0 Å². The number of aromatic nitrogens is 2. The molecule has 1 aromatic carbocycles. The summed E-state index contributed by atoms with van der Waals surface area (Å²) in [5, 5.41) is 8.12. The van der Waals surface area contributed by atoms with Crippen LogP contribution in [0.4, 0.5) is 0 Å². The van der Waals surface area contributed by atoms with Gasteiger partial charge in [-0.05, 0) is 57.5 Å². The highest BCUT2D eigenvalue weighted by Gasteiger charge is 2.31. The van der Waals surface area contributed by atoms with Crippen LogP contribution in [-0.2, 0) is 11.3 Å². The minimum atomic E-state index is 0.0628. The third-order valence-corrected chi connectivity index (χ3v) is 6.13. The van der Waals surface area contributed by atoms with Crippen molar-refractivity contribution in [2.75, 3.05) is 26.2 Å². The first-order chi connectivity index (χ1) is 14.0. The Morgan fingerprint density at radius 3 is 2.66 bits per heavy atom. The number of nitrogens with one attached hydrogen (secondary N) is 1. The lowest BCUT2D eigenvalue weighted by atomic mass is 9.90. The Balaban J connectivity index is 1.38. The van der Waals surface area contributed by atoms with Crippen molar-refractivity contribution in [2.45, 2.75) is 51.4 Å². The molecule has 2 fully saturated rings. The lowest BCUT2D eigenvalue weighted by Gasteiger charge is -2.36. The first kappa shape index (κ1) is 20.4. The van der Waals surface area contributed by atoms with Gasteiger partial charge in [0.1, 0.15) is 0 Å². The van der Waals surface area contributed by atoms with Gasteiger partial charge < -0.3 is 9.64 Å². The van der Waals surface area contributed by atoms with E-state index >= 15 is 0 Å². The second-order valence-electron chi connectivity index (χ2n) is 8.35. The number of piperidine rings is 1. The van der Waals surface area contributed by atoms with Crippen LogP contribution in [0.15, 0.2) is 30.5 Å². The van der Waals surface area contributed by atoms with Crippen molar-refractivity contribution in [1.29, 1.82) is 0 Å². The van der Waals surface area contributed by atoms with Crippen molar-refractivity contribution in [3.05, 3.63) is 52.3 Å². The summed E-state index contributed by atoms with van der Waals surface area (Å²) in [5.41, 5.74) is 2.95. The molecule has 4 rings (SSSR count). The molecular weight excluding hydrogens is 388 g/mol. The molecule has 1 N–H and O–H groups in total. The molecule has 7 heteroatoms. The van der Waals surface area contributed by atoms with Crippen LogP contribution in [0.3, 0.4) is 0 Å². The topological polar surface area (TPSA) is 61.5 Å². The van der Waals surface area contributed by atoms with Crippen LogP contribution in [0.5, 0.6) is 0 Å². The average Bonchev–Trinajstić information content (AvgIpc) is 3.17. The molecule has 0 bridgehead atoms. The number of carbonyl (C=O) groups is 1. The Labute approximate surface area is 177 Å². The fourth-order valence-electron chi connectivity index (χ4n) is 4.57. The molecule has 6 nitrogen and oxygen atoms in total. The van der Waals surface area contributed by atoms with Crippen LogP contribution >= 0.6 is 11.6 Å². The predicted molar refractivity (Wildman–Crippen MR) is 113 cm³/mol. The molecular formula is C22H29ClN4O2. The molecule has 1 amide bonds. The summed E-state index contributed by atoms with van der Waals surface area (Å²) in [4.78, 5) is 17.5. The first-order valence-corrected chi connectivity index (χ1v) is 10.8. The molecule has 156 valence electrons. The zero-order chi connectivity index (χ0) is 20.4. The van der Waals surface area contributed by atoms with Gasteiger partial charge in [-0.25, -0.2) is 0 Å². The van der Waals surface area contributed by atoms with Crippen molar-refractivity contribution in [3.63, 3.8) is 0 Å². The van der Waals surface area contributed by atoms with Gasteiger partial charge in [0.2, 0.25) is 0 Å². The van der Waals surface area contributed by atoms with Crippen molar-refractivity contribution in [3.8, 4) is 0 Å². The smallest absolute Gasteiger partial charge is 0.257 e. The van der Waals surface area contributed by atoms with Crippen molar-refractivity contribution < 1.29 is 9.53 Å². The van der Waals surface area contributed by atoms with Crippen molar-refractivity contribution in [1.82, 2.24) is 20.0 Å². The van der Waals surface area contributed by atoms with Gasteiger partial charge in [-0.15, -0.1) is 0 Å². The molecule has 1 aromatic heterocycles. The number of hydrogen-bond donors (Lipinski definition) is 1. The Bertz CT molecular complexity index is 837. The van der Waals surface area contributed by atoms with E-state index in [1.54, 1.807) is 6.20 Å². The second-order valence-corrected chi connectivity index (χ2v) is 8.78. The van der Waals surface area contributed by atoms with Crippen molar-refractivity contribution in [2.24, 2.45) is 0 Å². The Hall–Kier alpha value is -1.89. The van der Waals surface area contributed by atoms with E-state index in [0.717, 1.165) is 48.8 Å². The summed E-state index contributed by atoms with van der Waals surface area (Å²) in [5.74, 6) is 0.403. The molecule has 3 heterocycles. The minimum Gasteiger partial charge on any atom is -0.372 e. The van der Waals surface area contributed by atoms with Crippen LogP contribution in [-0.4, -0.2) is 64.3 Å². The Morgan fingerprint density at radius 2 is 1.97 bits per heavy atom. The van der Waals surface area contributed by atoms with Gasteiger partial charge in [-0.2, -0.15) is 5.10 Å². The number of hydrogen-bond acceptors (Lipinski definition) is 4. The first-order valence-electron chi connectivity index (χ1n) is 10.4. The maximum Gasteiger partial charge on any atom is 0.257 e. The van der Waals surface area contributed by atoms with Gasteiger partial charge in [-0.3, -0.25) is 14.8 Å². The maximum absolute atomic E-state index is 13.1. The lowest BCUT2D eigenvalue weighted by Crippen LogP contribution is -2.48. The molecule has 0 saturated carbocycles. The van der Waals surface area contributed by atoms with Gasteiger partial charge in [0.05, 0.1) is 29.7 Å². The third-order valence-electron chi connectivity index (χ3n) is 5.90. The average molecular weight is 417 g/mol. The van der Waals surface area contributed by atoms with E-state index in [4.69, 9.17) is 16.3 Å². The van der Waals surface area contributed by atoms with Crippen LogP contribution in [0.1, 0.15) is 54.2 Å². The van der Waals surface area contributed by atoms with E-state index in [0.29, 0.717) is 19.0 Å². The molecule has 2 aromatic rings. The second kappa shape index (κ2) is 8.86. The molecule has 0 spiro atoms. The van der Waals surface area contributed by atoms with Gasteiger partial charge >= 0.3 is 0 Å². The molecule has 2 saturated heterocycles. The van der Waals surface area contributed by atoms with E-state index in [-0.39, 0.29) is 18.1 Å². The van der Waals surface area contributed by atoms with E-state index in [9.17, 15) is 4.79 Å². The summed E-state index contributed by atoms with van der Waals surface area (Å²) in [7, 11) is 0. The fraction of sp³-hybridized carbons (Fsp3) is 0.545. The van der Waals surface area contributed by atoms with Crippen molar-refractivity contribution >= 4 is 17.5 Å². The number of nitrogens with zero attached hydrogens (tertiary/aromatic N) is 3. The highest BCUT2D eigenvalue weighted by Crippen LogP contribution is 2.30. The number of carbonyl (C=O) groups excluding carboxylic acids is 1. The quantitative estimate of drug-likeness (QED) is 0.825. The molecule has 29 heavy (non-hydrogen) atoms. The fourth-order valence-corrected chi connectivity index (χ4v) is 4.78. The Kier molecular flexibility index (Phi) is 6.23. The van der Waals surface area contributed by atoms with Gasteiger partial charge in [0.25, 0.3) is 5.91 Å². The zero-order valence-electron chi connectivity index (χ0n) is 17.1. The summed E-state index contributed by atoms with van der Waals surface area (Å²) in [6.07, 6.45) is 3.85. The standard InChI is InChI=1S/C22H29ClN4O2/c1-15-12-27(13-16(2)29-15)22(28)20-11-24-25-21(20)18-6-8-26(9-7-18)14-17-4-3-5-19(23)10-17/h3-5,10-11,15-16,18H,6-9,12-14H2,1-2H3,(H,24,25). The normalized spacial score (nSPS) is 24.0. The third kappa shape index (κ3) is 4.82. The van der Waals surface area contributed by atoms with Crippen LogP contribution in [0, 0.1) is 0 Å². The van der Waals surface area contributed by atoms with Crippen LogP contribution < -0.4 is 0 Å². The number of benzene rings is 1. The number of ether oxygens (including phenoxy) is 1. The maximum atomic E-state index is 13.1. The number of aromatic amines is 1. The molecule has 2 aliphatic heterocycles. The lowest BCUT2D eigenvalue weighted by molar-refractivity contribution is -0.0586. The van der Waals surface area contributed by atoms with Crippen LogP contribution in [0.2, 0.25) is 5.02 Å². The minimum absolute atomic E-state index is 0.0628. The molecule has 0 aliphatic carbocycles. The molecule has 2 aliphatic rings. The summed E-state index contributed by atoms with van der Waals surface area (Å²) in [6, 6.07) is 8.06. The predicted octanol–water partition coefficient (Wildman–Crippen LogP) is 3.69. The summed E-state index contributed by atoms with van der Waals surface area (Å²) >= 11 is 6.11. The highest BCUT2D eigenvalue weighted by atomic mass is 35.5. The largest absolute Gasteiger partial charge is 0.372 e. The molecule has 0 radical (unpaired) electrons. The Morgan fingerprint density at radius 1 is 1.24 bits per heavy atom. The van der Waals surface area contributed by atoms with E-state index in [1.165, 1.54) is 5.56 Å². The van der Waals surface area contributed by atoms with Gasteiger partial charge in [-0.1, -0.05) is 23.7 Å². The molecule has 2 atom stereocenters. The van der Waals surface area contributed by atoms with Gasteiger partial charge in [0, 0.05) is 30.6 Å². The zero-order valence-corrected chi connectivity index (χ0v) is 17.9. The number of morpholine rings is 1. The number of rotatable bonds is 4. The number of halogens is 1. The summed E-state index contributed by atoms with van der Waals surface area (Å²) in [6.45, 7) is 8.19. The van der Waals surface area contributed by atoms with E-state index in [2.05, 4.69) is 21.2 Å². The summed E-state index contributed by atoms with van der Waals surface area (Å²) < 4.78 is 5.77. The highest BCUT2D eigenvalue weighted by molar-refractivity contribution is 6.30. The van der Waals surface area contributed by atoms with Crippen LogP contribution in [0.25, 0.3) is 0 Å².